The third-order valence-corrected chi connectivity index (χ3v) is 4.18. The first-order valence-corrected chi connectivity index (χ1v) is 7.55. The number of hydrogen-bond donors (Lipinski definition) is 1. The Bertz CT molecular complexity index is 690. The smallest absolute Gasteiger partial charge is 0.231 e. The van der Waals surface area contributed by atoms with E-state index in [1.165, 1.54) is 0 Å². The molecule has 0 saturated carbocycles. The molecule has 5 nitrogen and oxygen atoms in total. The van der Waals surface area contributed by atoms with E-state index in [2.05, 4.69) is 21.2 Å². The molecular weight excluding hydrogens is 350 g/mol. The Morgan fingerprint density at radius 3 is 2.68 bits per heavy atom. The number of nitrogens with one attached hydrogen (secondary N) is 1. The molecule has 0 aromatic heterocycles. The van der Waals surface area contributed by atoms with Crippen molar-refractivity contribution in [3.05, 3.63) is 40.4 Å². The Balaban J connectivity index is 1.81. The standard InChI is InChI=1S/C16H16BrNO4/c1-19-14-6-4-12(17)11(16(14)20-2)8-18-10-3-5-13-15(7-10)22-9-21-13/h3-7,18H,8-9H2,1-2H3. The summed E-state index contributed by atoms with van der Waals surface area (Å²) < 4.78 is 22.5. The van der Waals surface area contributed by atoms with E-state index in [9.17, 15) is 0 Å². The fraction of sp³-hybridized carbons (Fsp3) is 0.250. The van der Waals surface area contributed by atoms with Crippen molar-refractivity contribution in [3.8, 4) is 23.0 Å². The average molecular weight is 366 g/mol. The van der Waals surface area contributed by atoms with Gasteiger partial charge in [-0.2, -0.15) is 0 Å². The van der Waals surface area contributed by atoms with E-state index in [4.69, 9.17) is 18.9 Å². The van der Waals surface area contributed by atoms with Crippen LogP contribution in [0.2, 0.25) is 0 Å². The van der Waals surface area contributed by atoms with Gasteiger partial charge in [0.2, 0.25) is 6.79 Å². The largest absolute Gasteiger partial charge is 0.493 e. The molecule has 0 spiro atoms. The van der Waals surface area contributed by atoms with Crippen LogP contribution >= 0.6 is 15.9 Å². The highest BCUT2D eigenvalue weighted by atomic mass is 79.9. The lowest BCUT2D eigenvalue weighted by Gasteiger charge is -2.15. The third-order valence-electron chi connectivity index (χ3n) is 3.43. The molecule has 0 amide bonds. The molecule has 1 heterocycles. The van der Waals surface area contributed by atoms with Gasteiger partial charge < -0.3 is 24.3 Å². The number of benzene rings is 2. The van der Waals surface area contributed by atoms with Gasteiger partial charge in [0.05, 0.1) is 14.2 Å². The molecule has 0 aliphatic carbocycles. The van der Waals surface area contributed by atoms with Crippen LogP contribution in [0, 0.1) is 0 Å². The Kier molecular flexibility index (Phi) is 4.29. The highest BCUT2D eigenvalue weighted by Gasteiger charge is 2.15. The summed E-state index contributed by atoms with van der Waals surface area (Å²) in [6, 6.07) is 9.57. The van der Waals surface area contributed by atoms with Crippen LogP contribution in [0.3, 0.4) is 0 Å². The van der Waals surface area contributed by atoms with E-state index in [1.807, 2.05) is 30.3 Å². The molecule has 0 bridgehead atoms. The fourth-order valence-corrected chi connectivity index (χ4v) is 2.78. The molecule has 0 radical (unpaired) electrons. The zero-order valence-corrected chi connectivity index (χ0v) is 13.9. The molecule has 0 unspecified atom stereocenters. The van der Waals surface area contributed by atoms with Gasteiger partial charge in [0.15, 0.2) is 23.0 Å². The molecule has 0 atom stereocenters. The Hall–Kier alpha value is -2.08. The van der Waals surface area contributed by atoms with Crippen molar-refractivity contribution in [2.45, 2.75) is 6.54 Å². The predicted molar refractivity (Wildman–Crippen MR) is 87.1 cm³/mol. The van der Waals surface area contributed by atoms with Crippen LogP contribution in [-0.4, -0.2) is 21.0 Å². The van der Waals surface area contributed by atoms with Crippen LogP contribution in [0.5, 0.6) is 23.0 Å². The van der Waals surface area contributed by atoms with Crippen molar-refractivity contribution in [1.82, 2.24) is 0 Å². The maximum absolute atomic E-state index is 5.47. The highest BCUT2D eigenvalue weighted by Crippen LogP contribution is 2.37. The second-order valence-corrected chi connectivity index (χ2v) is 5.54. The molecule has 0 fully saturated rings. The minimum atomic E-state index is 0.272. The minimum absolute atomic E-state index is 0.272. The lowest BCUT2D eigenvalue weighted by Crippen LogP contribution is -2.04. The number of hydrogen-bond acceptors (Lipinski definition) is 5. The highest BCUT2D eigenvalue weighted by molar-refractivity contribution is 9.10. The maximum Gasteiger partial charge on any atom is 0.231 e. The summed E-state index contributed by atoms with van der Waals surface area (Å²) in [5, 5.41) is 3.36. The molecule has 6 heteroatoms. The fourth-order valence-electron chi connectivity index (χ4n) is 2.33. The van der Waals surface area contributed by atoms with Crippen LogP contribution in [0.4, 0.5) is 5.69 Å². The Morgan fingerprint density at radius 2 is 1.91 bits per heavy atom. The van der Waals surface area contributed by atoms with Gasteiger partial charge >= 0.3 is 0 Å². The van der Waals surface area contributed by atoms with Crippen molar-refractivity contribution < 1.29 is 18.9 Å². The monoisotopic (exact) mass is 365 g/mol. The minimum Gasteiger partial charge on any atom is -0.493 e. The number of anilines is 1. The van der Waals surface area contributed by atoms with Gasteiger partial charge in [0.1, 0.15) is 0 Å². The van der Waals surface area contributed by atoms with Crippen LogP contribution < -0.4 is 24.3 Å². The number of methoxy groups -OCH3 is 2. The summed E-state index contributed by atoms with van der Waals surface area (Å²) in [6.45, 7) is 0.856. The molecule has 1 aliphatic heterocycles. The number of ether oxygens (including phenoxy) is 4. The van der Waals surface area contributed by atoms with Gasteiger partial charge in [-0.3, -0.25) is 0 Å². The van der Waals surface area contributed by atoms with E-state index in [0.717, 1.165) is 27.2 Å². The Labute approximate surface area is 137 Å². The lowest BCUT2D eigenvalue weighted by atomic mass is 10.1. The van der Waals surface area contributed by atoms with Crippen LogP contribution in [0.15, 0.2) is 34.8 Å². The van der Waals surface area contributed by atoms with Crippen molar-refractivity contribution >= 4 is 21.6 Å². The topological polar surface area (TPSA) is 49.0 Å². The summed E-state index contributed by atoms with van der Waals surface area (Å²) in [5.74, 6) is 2.94. The summed E-state index contributed by atoms with van der Waals surface area (Å²) in [4.78, 5) is 0. The molecule has 1 aliphatic rings. The summed E-state index contributed by atoms with van der Waals surface area (Å²) in [5.41, 5.74) is 1.93. The van der Waals surface area contributed by atoms with Crippen molar-refractivity contribution in [3.63, 3.8) is 0 Å². The van der Waals surface area contributed by atoms with E-state index in [0.29, 0.717) is 18.0 Å². The molecule has 1 N–H and O–H groups in total. The van der Waals surface area contributed by atoms with Gasteiger partial charge in [-0.15, -0.1) is 0 Å². The maximum atomic E-state index is 5.47. The summed E-state index contributed by atoms with van der Waals surface area (Å²) in [7, 11) is 3.26. The van der Waals surface area contributed by atoms with Gasteiger partial charge in [0.25, 0.3) is 0 Å². The SMILES string of the molecule is COc1ccc(Br)c(CNc2ccc3c(c2)OCO3)c1OC. The average Bonchev–Trinajstić information content (AvgIpc) is 3.00. The number of fused-ring (bicyclic) bond motifs is 1. The normalized spacial score (nSPS) is 12.1. The van der Waals surface area contributed by atoms with Crippen molar-refractivity contribution in [2.75, 3.05) is 26.3 Å². The van der Waals surface area contributed by atoms with E-state index >= 15 is 0 Å². The van der Waals surface area contributed by atoms with Crippen LogP contribution in [-0.2, 0) is 6.54 Å². The van der Waals surface area contributed by atoms with Crippen LogP contribution in [0.1, 0.15) is 5.56 Å². The van der Waals surface area contributed by atoms with Crippen molar-refractivity contribution in [1.29, 1.82) is 0 Å². The molecule has 2 aromatic rings. The van der Waals surface area contributed by atoms with E-state index < -0.39 is 0 Å². The van der Waals surface area contributed by atoms with Gasteiger partial charge in [0, 0.05) is 28.3 Å². The molecule has 2 aromatic carbocycles. The molecule has 116 valence electrons. The molecule has 3 rings (SSSR count). The second kappa shape index (κ2) is 6.36. The molecule has 22 heavy (non-hydrogen) atoms. The zero-order chi connectivity index (χ0) is 15.5. The quantitative estimate of drug-likeness (QED) is 0.872. The third kappa shape index (κ3) is 2.78. The first-order chi connectivity index (χ1) is 10.7. The van der Waals surface area contributed by atoms with E-state index in [1.54, 1.807) is 14.2 Å². The summed E-state index contributed by atoms with van der Waals surface area (Å²) >= 11 is 3.55. The van der Waals surface area contributed by atoms with Gasteiger partial charge in [-0.25, -0.2) is 0 Å². The van der Waals surface area contributed by atoms with Gasteiger partial charge in [-0.05, 0) is 24.3 Å². The summed E-state index contributed by atoms with van der Waals surface area (Å²) in [6.07, 6.45) is 0. The zero-order valence-electron chi connectivity index (χ0n) is 12.3. The van der Waals surface area contributed by atoms with E-state index in [-0.39, 0.29) is 6.79 Å². The second-order valence-electron chi connectivity index (χ2n) is 4.68. The first-order valence-electron chi connectivity index (χ1n) is 6.76. The van der Waals surface area contributed by atoms with Crippen molar-refractivity contribution in [2.24, 2.45) is 0 Å². The van der Waals surface area contributed by atoms with Gasteiger partial charge in [-0.1, -0.05) is 15.9 Å². The molecular formula is C16H16BrNO4. The number of rotatable bonds is 5. The Morgan fingerprint density at radius 1 is 1.09 bits per heavy atom. The van der Waals surface area contributed by atoms with Crippen LogP contribution in [0.25, 0.3) is 0 Å². The predicted octanol–water partition coefficient (Wildman–Crippen LogP) is 3.81. The lowest BCUT2D eigenvalue weighted by molar-refractivity contribution is 0.174. The molecule has 0 saturated heterocycles. The first kappa shape index (κ1) is 14.8. The number of halogens is 1.